The third kappa shape index (κ3) is 2.01. The highest BCUT2D eigenvalue weighted by atomic mass is 32.2. The molecule has 0 unspecified atom stereocenters. The zero-order chi connectivity index (χ0) is 13.4. The summed E-state index contributed by atoms with van der Waals surface area (Å²) in [7, 11) is 2.01. The first-order valence-corrected chi connectivity index (χ1v) is 7.37. The van der Waals surface area contributed by atoms with E-state index in [0.717, 1.165) is 26.6 Å². The third-order valence-corrected chi connectivity index (χ3v) is 4.56. The Labute approximate surface area is 117 Å². The first-order chi connectivity index (χ1) is 8.47. The van der Waals surface area contributed by atoms with Gasteiger partial charge in [-0.05, 0) is 38.2 Å². The second-order valence-corrected chi connectivity index (χ2v) is 5.64. The van der Waals surface area contributed by atoms with Crippen molar-refractivity contribution >= 4 is 24.0 Å². The molecule has 0 saturated carbocycles. The summed E-state index contributed by atoms with van der Waals surface area (Å²) < 4.78 is 2.93. The van der Waals surface area contributed by atoms with Gasteiger partial charge in [0.25, 0.3) is 0 Å². The Morgan fingerprint density at radius 2 is 1.94 bits per heavy atom. The molecule has 0 spiro atoms. The van der Waals surface area contributed by atoms with Gasteiger partial charge in [0.1, 0.15) is 9.67 Å². The van der Waals surface area contributed by atoms with E-state index in [1.165, 1.54) is 11.1 Å². The summed E-state index contributed by atoms with van der Waals surface area (Å²) in [6.07, 6.45) is 2.04. The molecule has 0 amide bonds. The van der Waals surface area contributed by atoms with Gasteiger partial charge in [0, 0.05) is 12.6 Å². The molecule has 0 radical (unpaired) electrons. The highest BCUT2D eigenvalue weighted by Crippen LogP contribution is 2.30. The van der Waals surface area contributed by atoms with E-state index in [1.54, 1.807) is 11.8 Å². The Hall–Kier alpha value is -1.07. The van der Waals surface area contributed by atoms with E-state index < -0.39 is 0 Å². The number of aromatic nitrogens is 3. The number of hydrogen-bond donors (Lipinski definition) is 1. The molecule has 0 aliphatic rings. The lowest BCUT2D eigenvalue weighted by Crippen LogP contribution is -2.03. The van der Waals surface area contributed by atoms with Crippen molar-refractivity contribution in [3.05, 3.63) is 27.4 Å². The SMILES string of the molecule is CSc1n[nH]c(-c2c(C)cc(C)c(=S)n2C)c1C. The van der Waals surface area contributed by atoms with E-state index in [0.29, 0.717) is 0 Å². The summed E-state index contributed by atoms with van der Waals surface area (Å²) in [5, 5.41) is 8.51. The van der Waals surface area contributed by atoms with Gasteiger partial charge >= 0.3 is 0 Å². The van der Waals surface area contributed by atoms with E-state index in [4.69, 9.17) is 12.2 Å². The van der Waals surface area contributed by atoms with E-state index in [1.807, 2.05) is 20.2 Å². The maximum Gasteiger partial charge on any atom is 0.121 e. The number of pyridine rings is 1. The van der Waals surface area contributed by atoms with Crippen molar-refractivity contribution in [2.45, 2.75) is 25.8 Å². The molecule has 5 heteroatoms. The van der Waals surface area contributed by atoms with Crippen LogP contribution in [0.2, 0.25) is 0 Å². The molecule has 0 atom stereocenters. The number of hydrogen-bond acceptors (Lipinski definition) is 3. The van der Waals surface area contributed by atoms with Crippen molar-refractivity contribution in [2.75, 3.05) is 6.26 Å². The van der Waals surface area contributed by atoms with E-state index in [9.17, 15) is 0 Å². The fourth-order valence-corrected chi connectivity index (χ4v) is 2.96. The molecule has 2 rings (SSSR count). The first-order valence-electron chi connectivity index (χ1n) is 5.74. The number of nitrogens with one attached hydrogen (secondary N) is 1. The van der Waals surface area contributed by atoms with E-state index >= 15 is 0 Å². The molecule has 0 fully saturated rings. The van der Waals surface area contributed by atoms with Crippen molar-refractivity contribution in [3.63, 3.8) is 0 Å². The number of aromatic amines is 1. The Balaban J connectivity index is 2.75. The smallest absolute Gasteiger partial charge is 0.121 e. The van der Waals surface area contributed by atoms with Crippen LogP contribution in [0.15, 0.2) is 11.1 Å². The minimum absolute atomic E-state index is 0.871. The molecule has 2 aromatic heterocycles. The van der Waals surface area contributed by atoms with Crippen molar-refractivity contribution in [1.29, 1.82) is 0 Å². The van der Waals surface area contributed by atoms with Crippen LogP contribution in [0.25, 0.3) is 11.4 Å². The van der Waals surface area contributed by atoms with Gasteiger partial charge in [-0.25, -0.2) is 0 Å². The second-order valence-electron chi connectivity index (χ2n) is 4.46. The third-order valence-electron chi connectivity index (χ3n) is 3.18. The van der Waals surface area contributed by atoms with Crippen molar-refractivity contribution in [2.24, 2.45) is 7.05 Å². The van der Waals surface area contributed by atoms with Crippen LogP contribution in [-0.2, 0) is 7.05 Å². The molecule has 0 aliphatic carbocycles. The lowest BCUT2D eigenvalue weighted by atomic mass is 10.1. The van der Waals surface area contributed by atoms with Crippen LogP contribution >= 0.6 is 24.0 Å². The number of rotatable bonds is 2. The highest BCUT2D eigenvalue weighted by Gasteiger charge is 2.15. The first kappa shape index (κ1) is 13.4. The summed E-state index contributed by atoms with van der Waals surface area (Å²) in [5.74, 6) is 0. The topological polar surface area (TPSA) is 33.6 Å². The monoisotopic (exact) mass is 279 g/mol. The second kappa shape index (κ2) is 4.90. The predicted octanol–water partition coefficient (Wildman–Crippen LogP) is 3.79. The molecule has 2 aromatic rings. The van der Waals surface area contributed by atoms with Gasteiger partial charge in [0.05, 0.1) is 11.4 Å². The Morgan fingerprint density at radius 3 is 2.50 bits per heavy atom. The molecular weight excluding hydrogens is 262 g/mol. The average Bonchev–Trinajstić information content (AvgIpc) is 2.68. The standard InChI is InChI=1S/C13H17N3S2/c1-7-6-8(2)13(17)16(4)11(7)10-9(3)12(18-5)15-14-10/h6H,1-5H3,(H,14,15). The van der Waals surface area contributed by atoms with Crippen LogP contribution in [0.4, 0.5) is 0 Å². The lowest BCUT2D eigenvalue weighted by Gasteiger charge is -2.13. The van der Waals surface area contributed by atoms with Crippen molar-refractivity contribution < 1.29 is 0 Å². The molecule has 96 valence electrons. The predicted molar refractivity (Wildman–Crippen MR) is 79.8 cm³/mol. The molecule has 2 heterocycles. The number of thioether (sulfide) groups is 1. The number of H-pyrrole nitrogens is 1. The zero-order valence-electron chi connectivity index (χ0n) is 11.3. The van der Waals surface area contributed by atoms with Crippen LogP contribution in [0.3, 0.4) is 0 Å². The van der Waals surface area contributed by atoms with Crippen molar-refractivity contribution in [1.82, 2.24) is 14.8 Å². The number of aryl methyl sites for hydroxylation is 2. The molecule has 3 nitrogen and oxygen atoms in total. The van der Waals surface area contributed by atoms with Crippen molar-refractivity contribution in [3.8, 4) is 11.4 Å². The van der Waals surface area contributed by atoms with Gasteiger partial charge in [-0.3, -0.25) is 5.10 Å². The summed E-state index contributed by atoms with van der Waals surface area (Å²) in [5.41, 5.74) is 5.71. The molecule has 18 heavy (non-hydrogen) atoms. The molecular formula is C13H17N3S2. The van der Waals surface area contributed by atoms with Crippen LogP contribution in [0, 0.1) is 25.4 Å². The average molecular weight is 279 g/mol. The van der Waals surface area contributed by atoms with Gasteiger partial charge in [-0.2, -0.15) is 5.10 Å². The van der Waals surface area contributed by atoms with Gasteiger partial charge < -0.3 is 4.57 Å². The number of nitrogens with zero attached hydrogens (tertiary/aromatic N) is 2. The Kier molecular flexibility index (Phi) is 3.64. The fraction of sp³-hybridized carbons (Fsp3) is 0.385. The van der Waals surface area contributed by atoms with Crippen LogP contribution < -0.4 is 0 Å². The molecule has 0 aromatic carbocycles. The van der Waals surface area contributed by atoms with Gasteiger partial charge in [0.2, 0.25) is 0 Å². The summed E-state index contributed by atoms with van der Waals surface area (Å²) in [6, 6.07) is 2.14. The fourth-order valence-electron chi connectivity index (χ4n) is 2.26. The maximum atomic E-state index is 5.44. The van der Waals surface area contributed by atoms with Gasteiger partial charge in [-0.1, -0.05) is 18.3 Å². The Morgan fingerprint density at radius 1 is 1.28 bits per heavy atom. The summed E-state index contributed by atoms with van der Waals surface area (Å²) >= 11 is 7.10. The summed E-state index contributed by atoms with van der Waals surface area (Å²) in [6.45, 7) is 6.25. The van der Waals surface area contributed by atoms with Crippen LogP contribution in [0.1, 0.15) is 16.7 Å². The quantitative estimate of drug-likeness (QED) is 0.671. The molecule has 0 aliphatic heterocycles. The van der Waals surface area contributed by atoms with Crippen LogP contribution in [-0.4, -0.2) is 21.0 Å². The maximum absolute atomic E-state index is 5.44. The van der Waals surface area contributed by atoms with E-state index in [2.05, 4.69) is 34.7 Å². The summed E-state index contributed by atoms with van der Waals surface area (Å²) in [4.78, 5) is 0. The van der Waals surface area contributed by atoms with Crippen LogP contribution in [0.5, 0.6) is 0 Å². The molecule has 0 bridgehead atoms. The Bertz CT molecular complexity index is 653. The minimum atomic E-state index is 0.871. The van der Waals surface area contributed by atoms with E-state index in [-0.39, 0.29) is 0 Å². The zero-order valence-corrected chi connectivity index (χ0v) is 12.9. The molecule has 1 N–H and O–H groups in total. The lowest BCUT2D eigenvalue weighted by molar-refractivity contribution is 0.869. The minimum Gasteiger partial charge on any atom is -0.334 e. The largest absolute Gasteiger partial charge is 0.334 e. The normalized spacial score (nSPS) is 10.9. The van der Waals surface area contributed by atoms with Gasteiger partial charge in [0.15, 0.2) is 0 Å². The molecule has 0 saturated heterocycles. The van der Waals surface area contributed by atoms with Gasteiger partial charge in [-0.15, -0.1) is 11.8 Å². The highest BCUT2D eigenvalue weighted by molar-refractivity contribution is 7.98.